The Balaban J connectivity index is 0.00000162. The minimum atomic E-state index is -0.548. The van der Waals surface area contributed by atoms with E-state index in [9.17, 15) is 4.79 Å². The molecule has 6 heteroatoms. The van der Waals surface area contributed by atoms with Crippen molar-refractivity contribution in [3.63, 3.8) is 0 Å². The molecule has 0 aliphatic carbocycles. The molecule has 0 bridgehead atoms. The van der Waals surface area contributed by atoms with E-state index in [4.69, 9.17) is 16.2 Å². The first kappa shape index (κ1) is 14.5. The van der Waals surface area contributed by atoms with Gasteiger partial charge in [0.2, 0.25) is 5.91 Å². The van der Waals surface area contributed by atoms with Crippen molar-refractivity contribution in [3.05, 3.63) is 35.4 Å². The average molecular weight is 270 g/mol. The number of ether oxygens (including phenoxy) is 1. The first-order valence-corrected chi connectivity index (χ1v) is 5.33. The molecule has 98 valence electrons. The van der Waals surface area contributed by atoms with Crippen molar-refractivity contribution in [3.8, 4) is 0 Å². The van der Waals surface area contributed by atoms with Crippen LogP contribution in [0.25, 0.3) is 0 Å². The minimum absolute atomic E-state index is 0. The largest absolute Gasteiger partial charge is 0.386 e. The number of nitrogens with zero attached hydrogens (tertiary/aromatic N) is 1. The summed E-state index contributed by atoms with van der Waals surface area (Å²) in [6.45, 7) is 2.71. The first-order chi connectivity index (χ1) is 8.01. The van der Waals surface area contributed by atoms with Crippen molar-refractivity contribution >= 4 is 24.1 Å². The van der Waals surface area contributed by atoms with Crippen LogP contribution in [-0.4, -0.2) is 25.0 Å². The van der Waals surface area contributed by atoms with Crippen molar-refractivity contribution in [1.82, 2.24) is 0 Å². The van der Waals surface area contributed by atoms with Gasteiger partial charge in [-0.05, 0) is 24.6 Å². The lowest BCUT2D eigenvalue weighted by atomic mass is 9.91. The topological polar surface area (TPSA) is 90.7 Å². The second-order valence-corrected chi connectivity index (χ2v) is 4.31. The van der Waals surface area contributed by atoms with Gasteiger partial charge in [-0.3, -0.25) is 9.79 Å². The van der Waals surface area contributed by atoms with Crippen molar-refractivity contribution in [2.75, 3.05) is 13.2 Å². The van der Waals surface area contributed by atoms with Crippen molar-refractivity contribution in [1.29, 1.82) is 0 Å². The summed E-state index contributed by atoms with van der Waals surface area (Å²) in [6, 6.07) is 7.07. The molecule has 0 radical (unpaired) electrons. The number of hydrogen-bond donors (Lipinski definition) is 2. The van der Waals surface area contributed by atoms with Crippen molar-refractivity contribution < 1.29 is 9.53 Å². The lowest BCUT2D eigenvalue weighted by Crippen LogP contribution is -2.37. The molecule has 18 heavy (non-hydrogen) atoms. The highest BCUT2D eigenvalue weighted by molar-refractivity contribution is 5.93. The molecule has 1 aliphatic heterocycles. The summed E-state index contributed by atoms with van der Waals surface area (Å²) < 4.78 is 5.38. The highest BCUT2D eigenvalue weighted by Gasteiger charge is 2.30. The maximum Gasteiger partial charge on any atom is 0.248 e. The standard InChI is InChI=1S/C12H15N3O2.ClH/c1-12(7-17-6-10(13)15-12)9-4-2-3-8(5-9)11(14)16;/h2-5H,6-7H2,1H3,(H2,13,15)(H2,14,16);1H. The maximum atomic E-state index is 11.1. The van der Waals surface area contributed by atoms with E-state index >= 15 is 0 Å². The fourth-order valence-corrected chi connectivity index (χ4v) is 1.89. The van der Waals surface area contributed by atoms with Crippen LogP contribution in [0.5, 0.6) is 0 Å². The van der Waals surface area contributed by atoms with E-state index in [1.165, 1.54) is 0 Å². The lowest BCUT2D eigenvalue weighted by Gasteiger charge is -2.30. The number of carbonyl (C=O) groups excluding carboxylic acids is 1. The predicted molar refractivity (Wildman–Crippen MR) is 72.0 cm³/mol. The number of rotatable bonds is 2. The van der Waals surface area contributed by atoms with E-state index in [2.05, 4.69) is 4.99 Å². The highest BCUT2D eigenvalue weighted by Crippen LogP contribution is 2.28. The molecule has 0 aromatic heterocycles. The van der Waals surface area contributed by atoms with Gasteiger partial charge in [0.15, 0.2) is 0 Å². The van der Waals surface area contributed by atoms with Gasteiger partial charge in [-0.2, -0.15) is 0 Å². The summed E-state index contributed by atoms with van der Waals surface area (Å²) in [7, 11) is 0. The van der Waals surface area contributed by atoms with Gasteiger partial charge < -0.3 is 16.2 Å². The van der Waals surface area contributed by atoms with E-state index in [0.29, 0.717) is 24.6 Å². The van der Waals surface area contributed by atoms with Crippen LogP contribution in [0.3, 0.4) is 0 Å². The molecule has 4 N–H and O–H groups in total. The summed E-state index contributed by atoms with van der Waals surface area (Å²) in [5.74, 6) is 0.00681. The zero-order chi connectivity index (χ0) is 12.5. The first-order valence-electron chi connectivity index (χ1n) is 5.33. The number of primary amides is 1. The van der Waals surface area contributed by atoms with E-state index in [-0.39, 0.29) is 12.4 Å². The minimum Gasteiger partial charge on any atom is -0.386 e. The molecule has 1 unspecified atom stereocenters. The summed E-state index contributed by atoms with van der Waals surface area (Å²) in [4.78, 5) is 15.5. The number of benzene rings is 1. The molecule has 0 saturated carbocycles. The molecule has 1 aliphatic rings. The zero-order valence-electron chi connectivity index (χ0n) is 10.1. The van der Waals surface area contributed by atoms with Crippen LogP contribution in [0.4, 0.5) is 0 Å². The SMILES string of the molecule is CC1(c2cccc(C(N)=O)c2)COCC(N)=N1.Cl. The van der Waals surface area contributed by atoms with Crippen molar-refractivity contribution in [2.45, 2.75) is 12.5 Å². The molecule has 1 amide bonds. The van der Waals surface area contributed by atoms with Crippen LogP contribution in [-0.2, 0) is 10.3 Å². The second-order valence-electron chi connectivity index (χ2n) is 4.31. The smallest absolute Gasteiger partial charge is 0.248 e. The molecular formula is C12H16ClN3O2. The number of amides is 1. The Morgan fingerprint density at radius 2 is 2.22 bits per heavy atom. The quantitative estimate of drug-likeness (QED) is 0.832. The number of halogens is 1. The third-order valence-electron chi connectivity index (χ3n) is 2.79. The van der Waals surface area contributed by atoms with Crippen LogP contribution in [0.2, 0.25) is 0 Å². The van der Waals surface area contributed by atoms with E-state index in [0.717, 1.165) is 5.56 Å². The summed E-state index contributed by atoms with van der Waals surface area (Å²) >= 11 is 0. The van der Waals surface area contributed by atoms with E-state index in [1.54, 1.807) is 18.2 Å². The molecule has 0 fully saturated rings. The number of amidine groups is 1. The molecule has 2 rings (SSSR count). The van der Waals surface area contributed by atoms with Crippen LogP contribution in [0.1, 0.15) is 22.8 Å². The van der Waals surface area contributed by atoms with Crippen LogP contribution in [0.15, 0.2) is 29.3 Å². The van der Waals surface area contributed by atoms with Crippen LogP contribution < -0.4 is 11.5 Å². The summed E-state index contributed by atoms with van der Waals surface area (Å²) in [5.41, 5.74) is 11.7. The Hall–Kier alpha value is -1.59. The molecule has 0 saturated heterocycles. The molecule has 5 nitrogen and oxygen atoms in total. The van der Waals surface area contributed by atoms with Gasteiger partial charge in [-0.1, -0.05) is 12.1 Å². The van der Waals surface area contributed by atoms with Crippen molar-refractivity contribution in [2.24, 2.45) is 16.5 Å². The number of nitrogens with two attached hydrogens (primary N) is 2. The Bertz CT molecular complexity index is 490. The Labute approximate surface area is 112 Å². The molecule has 0 spiro atoms. The number of aliphatic imine (C=N–C) groups is 1. The van der Waals surface area contributed by atoms with Gasteiger partial charge in [0.1, 0.15) is 18.0 Å². The van der Waals surface area contributed by atoms with Crippen LogP contribution in [0, 0.1) is 0 Å². The highest BCUT2D eigenvalue weighted by atomic mass is 35.5. The van der Waals surface area contributed by atoms with Gasteiger partial charge in [-0.25, -0.2) is 0 Å². The molecule has 1 heterocycles. The third kappa shape index (κ3) is 2.80. The lowest BCUT2D eigenvalue weighted by molar-refractivity contribution is 0.0997. The summed E-state index contributed by atoms with van der Waals surface area (Å²) in [6.07, 6.45) is 0. The predicted octanol–water partition coefficient (Wildman–Crippen LogP) is 0.810. The van der Waals surface area contributed by atoms with Gasteiger partial charge in [0, 0.05) is 5.56 Å². The Morgan fingerprint density at radius 3 is 2.83 bits per heavy atom. The third-order valence-corrected chi connectivity index (χ3v) is 2.79. The van der Waals surface area contributed by atoms with Crippen LogP contribution >= 0.6 is 12.4 Å². The molecular weight excluding hydrogens is 254 g/mol. The monoisotopic (exact) mass is 269 g/mol. The Morgan fingerprint density at radius 1 is 1.50 bits per heavy atom. The average Bonchev–Trinajstić information content (AvgIpc) is 2.29. The molecule has 1 aromatic carbocycles. The maximum absolute atomic E-state index is 11.1. The zero-order valence-corrected chi connectivity index (χ0v) is 10.9. The normalized spacial score (nSPS) is 22.8. The fraction of sp³-hybridized carbons (Fsp3) is 0.333. The Kier molecular flexibility index (Phi) is 4.32. The fourth-order valence-electron chi connectivity index (χ4n) is 1.89. The van der Waals surface area contributed by atoms with Gasteiger partial charge in [0.05, 0.1) is 6.61 Å². The van der Waals surface area contributed by atoms with Gasteiger partial charge in [0.25, 0.3) is 0 Å². The number of carbonyl (C=O) groups is 1. The van der Waals surface area contributed by atoms with Gasteiger partial charge in [-0.15, -0.1) is 12.4 Å². The summed E-state index contributed by atoms with van der Waals surface area (Å²) in [5, 5.41) is 0. The molecule has 1 atom stereocenters. The number of hydrogen-bond acceptors (Lipinski definition) is 4. The van der Waals surface area contributed by atoms with E-state index in [1.807, 2.05) is 13.0 Å². The van der Waals surface area contributed by atoms with E-state index < -0.39 is 11.4 Å². The second kappa shape index (κ2) is 5.37. The van der Waals surface area contributed by atoms with Gasteiger partial charge >= 0.3 is 0 Å². The molecule has 1 aromatic rings.